The molecule has 2 aromatic rings. The first kappa shape index (κ1) is 16.5. The minimum Gasteiger partial charge on any atom is -0.351 e. The number of hydrogen-bond acceptors (Lipinski definition) is 4. The maximum atomic E-state index is 12.3. The zero-order chi connectivity index (χ0) is 16.0. The summed E-state index contributed by atoms with van der Waals surface area (Å²) in [5, 5.41) is 4.48. The van der Waals surface area contributed by atoms with Gasteiger partial charge in [0.05, 0.1) is 10.6 Å². The Bertz CT molecular complexity index is 724. The van der Waals surface area contributed by atoms with Gasteiger partial charge in [0.25, 0.3) is 15.9 Å². The highest BCUT2D eigenvalue weighted by atomic mass is 32.2. The lowest BCUT2D eigenvalue weighted by atomic mass is 10.3. The first-order chi connectivity index (χ1) is 10.5. The Kier molecular flexibility index (Phi) is 5.57. The van der Waals surface area contributed by atoms with E-state index in [2.05, 4.69) is 10.0 Å². The fourth-order valence-corrected chi connectivity index (χ4v) is 3.75. The molecule has 0 aliphatic rings. The quantitative estimate of drug-likeness (QED) is 0.762. The summed E-state index contributed by atoms with van der Waals surface area (Å²) in [6.07, 6.45) is 1.88. The number of sulfonamides is 1. The molecule has 0 radical (unpaired) electrons. The summed E-state index contributed by atoms with van der Waals surface area (Å²) in [6, 6.07) is 9.67. The van der Waals surface area contributed by atoms with Crippen molar-refractivity contribution in [2.24, 2.45) is 0 Å². The van der Waals surface area contributed by atoms with Crippen LogP contribution in [0.1, 0.15) is 29.4 Å². The van der Waals surface area contributed by atoms with Crippen LogP contribution in [0.4, 0.5) is 5.69 Å². The predicted octanol–water partition coefficient (Wildman–Crippen LogP) is 3.08. The Labute approximate surface area is 134 Å². The normalized spacial score (nSPS) is 11.1. The Balaban J connectivity index is 2.15. The number of rotatable bonds is 7. The zero-order valence-electron chi connectivity index (χ0n) is 12.2. The Morgan fingerprint density at radius 3 is 2.59 bits per heavy atom. The number of benzene rings is 1. The summed E-state index contributed by atoms with van der Waals surface area (Å²) < 4.78 is 27.1. The van der Waals surface area contributed by atoms with Crippen molar-refractivity contribution >= 4 is 33.0 Å². The summed E-state index contributed by atoms with van der Waals surface area (Å²) in [5.74, 6) is -0.255. The molecule has 1 heterocycles. The Morgan fingerprint density at radius 2 is 1.91 bits per heavy atom. The summed E-state index contributed by atoms with van der Waals surface area (Å²) in [5.41, 5.74) is 0.308. The van der Waals surface area contributed by atoms with Crippen molar-refractivity contribution in [2.75, 3.05) is 11.3 Å². The minimum atomic E-state index is -3.69. The SMILES string of the molecule is CCCCNC(=O)c1sccc1NS(=O)(=O)c1ccccc1. The van der Waals surface area contributed by atoms with Crippen LogP contribution in [0.25, 0.3) is 0 Å². The molecule has 0 atom stereocenters. The van der Waals surface area contributed by atoms with Crippen LogP contribution in [0, 0.1) is 0 Å². The van der Waals surface area contributed by atoms with Gasteiger partial charge in [-0.15, -0.1) is 11.3 Å². The van der Waals surface area contributed by atoms with E-state index in [-0.39, 0.29) is 10.8 Å². The molecule has 0 saturated heterocycles. The molecule has 2 rings (SSSR count). The molecule has 1 aromatic heterocycles. The average molecular weight is 338 g/mol. The average Bonchev–Trinajstić information content (AvgIpc) is 2.96. The highest BCUT2D eigenvalue weighted by Gasteiger charge is 2.19. The summed E-state index contributed by atoms with van der Waals surface area (Å²) in [7, 11) is -3.69. The van der Waals surface area contributed by atoms with Gasteiger partial charge in [0.1, 0.15) is 4.88 Å². The van der Waals surface area contributed by atoms with Gasteiger partial charge >= 0.3 is 0 Å². The fraction of sp³-hybridized carbons (Fsp3) is 0.267. The van der Waals surface area contributed by atoms with Crippen LogP contribution in [-0.4, -0.2) is 20.9 Å². The summed E-state index contributed by atoms with van der Waals surface area (Å²) >= 11 is 1.21. The molecule has 22 heavy (non-hydrogen) atoms. The third-order valence-electron chi connectivity index (χ3n) is 2.99. The Hall–Kier alpha value is -1.86. The Morgan fingerprint density at radius 1 is 1.18 bits per heavy atom. The van der Waals surface area contributed by atoms with Crippen molar-refractivity contribution in [3.05, 3.63) is 46.7 Å². The second-order valence-electron chi connectivity index (χ2n) is 4.69. The molecule has 5 nitrogen and oxygen atoms in total. The lowest BCUT2D eigenvalue weighted by Gasteiger charge is -2.09. The number of carbonyl (C=O) groups excluding carboxylic acids is 1. The van der Waals surface area contributed by atoms with Crippen LogP contribution in [-0.2, 0) is 10.0 Å². The molecule has 7 heteroatoms. The van der Waals surface area contributed by atoms with E-state index in [1.807, 2.05) is 6.92 Å². The van der Waals surface area contributed by atoms with Gasteiger partial charge in [-0.3, -0.25) is 9.52 Å². The van der Waals surface area contributed by atoms with E-state index >= 15 is 0 Å². The van der Waals surface area contributed by atoms with E-state index in [1.165, 1.54) is 23.5 Å². The lowest BCUT2D eigenvalue weighted by molar-refractivity contribution is 0.0958. The zero-order valence-corrected chi connectivity index (χ0v) is 13.8. The standard InChI is InChI=1S/C15H18N2O3S2/c1-2-3-10-16-15(18)14-13(9-11-21-14)17-22(19,20)12-7-5-4-6-8-12/h4-9,11,17H,2-3,10H2,1H3,(H,16,18). The van der Waals surface area contributed by atoms with E-state index in [1.54, 1.807) is 29.6 Å². The minimum absolute atomic E-state index is 0.165. The van der Waals surface area contributed by atoms with E-state index in [9.17, 15) is 13.2 Å². The molecule has 0 aliphatic carbocycles. The topological polar surface area (TPSA) is 75.3 Å². The van der Waals surface area contributed by atoms with Crippen LogP contribution < -0.4 is 10.0 Å². The molecule has 2 N–H and O–H groups in total. The van der Waals surface area contributed by atoms with E-state index in [0.717, 1.165) is 12.8 Å². The highest BCUT2D eigenvalue weighted by molar-refractivity contribution is 7.92. The van der Waals surface area contributed by atoms with Gasteiger partial charge in [-0.25, -0.2) is 8.42 Å². The maximum Gasteiger partial charge on any atom is 0.263 e. The first-order valence-corrected chi connectivity index (χ1v) is 9.34. The van der Waals surface area contributed by atoms with Gasteiger partial charge in [0.15, 0.2) is 0 Å². The van der Waals surface area contributed by atoms with Crippen LogP contribution in [0.5, 0.6) is 0 Å². The van der Waals surface area contributed by atoms with Gasteiger partial charge in [0.2, 0.25) is 0 Å². The van der Waals surface area contributed by atoms with Crippen molar-refractivity contribution in [3.63, 3.8) is 0 Å². The van der Waals surface area contributed by atoms with Crippen molar-refractivity contribution in [2.45, 2.75) is 24.7 Å². The molecule has 1 amide bonds. The van der Waals surface area contributed by atoms with Crippen molar-refractivity contribution in [3.8, 4) is 0 Å². The summed E-state index contributed by atoms with van der Waals surface area (Å²) in [4.78, 5) is 12.6. The molecule has 0 bridgehead atoms. The van der Waals surface area contributed by atoms with Crippen LogP contribution in [0.2, 0.25) is 0 Å². The fourth-order valence-electron chi connectivity index (χ4n) is 1.83. The van der Waals surface area contributed by atoms with Gasteiger partial charge < -0.3 is 5.32 Å². The summed E-state index contributed by atoms with van der Waals surface area (Å²) in [6.45, 7) is 2.62. The smallest absolute Gasteiger partial charge is 0.263 e. The second kappa shape index (κ2) is 7.42. The first-order valence-electron chi connectivity index (χ1n) is 6.98. The van der Waals surface area contributed by atoms with E-state index in [0.29, 0.717) is 17.1 Å². The molecular weight excluding hydrogens is 320 g/mol. The van der Waals surface area contributed by atoms with Crippen molar-refractivity contribution in [1.82, 2.24) is 5.32 Å². The number of unbranched alkanes of at least 4 members (excludes halogenated alkanes) is 1. The third-order valence-corrected chi connectivity index (χ3v) is 5.28. The van der Waals surface area contributed by atoms with Gasteiger partial charge in [-0.1, -0.05) is 31.5 Å². The van der Waals surface area contributed by atoms with Crippen molar-refractivity contribution < 1.29 is 13.2 Å². The molecule has 1 aromatic carbocycles. The highest BCUT2D eigenvalue weighted by Crippen LogP contribution is 2.25. The van der Waals surface area contributed by atoms with E-state index < -0.39 is 10.0 Å². The maximum absolute atomic E-state index is 12.3. The lowest BCUT2D eigenvalue weighted by Crippen LogP contribution is -2.25. The largest absolute Gasteiger partial charge is 0.351 e. The van der Waals surface area contributed by atoms with Crippen LogP contribution in [0.3, 0.4) is 0 Å². The van der Waals surface area contributed by atoms with Crippen LogP contribution >= 0.6 is 11.3 Å². The molecule has 0 fully saturated rings. The van der Waals surface area contributed by atoms with Crippen molar-refractivity contribution in [1.29, 1.82) is 0 Å². The number of anilines is 1. The number of nitrogens with one attached hydrogen (secondary N) is 2. The monoisotopic (exact) mass is 338 g/mol. The van der Waals surface area contributed by atoms with Gasteiger partial charge in [-0.05, 0) is 30.0 Å². The molecule has 0 spiro atoms. The molecular formula is C15H18N2O3S2. The van der Waals surface area contributed by atoms with Gasteiger partial charge in [0, 0.05) is 6.54 Å². The van der Waals surface area contributed by atoms with Gasteiger partial charge in [-0.2, -0.15) is 0 Å². The third kappa shape index (κ3) is 4.08. The molecule has 0 unspecified atom stereocenters. The predicted molar refractivity (Wildman–Crippen MR) is 88.8 cm³/mol. The molecule has 0 aliphatic heterocycles. The number of carbonyl (C=O) groups is 1. The number of hydrogen-bond donors (Lipinski definition) is 2. The van der Waals surface area contributed by atoms with Crippen LogP contribution in [0.15, 0.2) is 46.7 Å². The number of thiophene rings is 1. The number of amides is 1. The second-order valence-corrected chi connectivity index (χ2v) is 7.29. The molecule has 118 valence electrons. The van der Waals surface area contributed by atoms with E-state index in [4.69, 9.17) is 0 Å². The molecule has 0 saturated carbocycles.